The molecule has 25 heavy (non-hydrogen) atoms. The Hall–Kier alpha value is -0.280. The predicted molar refractivity (Wildman–Crippen MR) is 102 cm³/mol. The molecule has 0 saturated carbocycles. The van der Waals surface area contributed by atoms with Gasteiger partial charge in [0.05, 0.1) is 27.2 Å². The summed E-state index contributed by atoms with van der Waals surface area (Å²) in [6.07, 6.45) is 18.2. The van der Waals surface area contributed by atoms with Crippen LogP contribution < -0.4 is 12.4 Å². The molecule has 0 N–H and O–H groups in total. The standard InChI is InChI=1S/C21H42NO2.ClH/c1-4-5-6-7-8-9-10-11-12-13-14-15-19-24-21(23)20-17-16-18-22(20,2)3;/h20H,4-19H2,1-3H3;1H/q+1;/p-1. The molecule has 1 aliphatic heterocycles. The Bertz CT molecular complexity index is 334. The molecule has 1 rings (SSSR count). The summed E-state index contributed by atoms with van der Waals surface area (Å²) in [5, 5.41) is 0. The second-order valence-electron chi connectivity index (χ2n) is 8.22. The first-order valence-corrected chi connectivity index (χ1v) is 10.6. The maximum atomic E-state index is 12.1. The van der Waals surface area contributed by atoms with Crippen molar-refractivity contribution in [3.8, 4) is 0 Å². The molecule has 0 radical (unpaired) electrons. The largest absolute Gasteiger partial charge is 1.00 e. The molecule has 1 fully saturated rings. The number of carbonyl (C=O) groups excluding carboxylic acids is 1. The number of likely N-dealkylation sites (N-methyl/N-ethyl adjacent to an activating group) is 1. The maximum Gasteiger partial charge on any atom is 0.364 e. The first-order valence-electron chi connectivity index (χ1n) is 10.6. The Morgan fingerprint density at radius 3 is 1.80 bits per heavy atom. The quantitative estimate of drug-likeness (QED) is 0.265. The van der Waals surface area contributed by atoms with Crippen molar-refractivity contribution in [1.82, 2.24) is 0 Å². The van der Waals surface area contributed by atoms with Crippen molar-refractivity contribution >= 4 is 5.97 Å². The molecule has 0 aromatic rings. The monoisotopic (exact) mass is 375 g/mol. The van der Waals surface area contributed by atoms with Crippen molar-refractivity contribution in [1.29, 1.82) is 0 Å². The first kappa shape index (κ1) is 24.7. The molecule has 0 aromatic heterocycles. The molecule has 1 aliphatic rings. The highest BCUT2D eigenvalue weighted by molar-refractivity contribution is 5.74. The number of carbonyl (C=O) groups is 1. The van der Waals surface area contributed by atoms with Crippen LogP contribution in [0.4, 0.5) is 0 Å². The van der Waals surface area contributed by atoms with Gasteiger partial charge in [-0.05, 0) is 6.42 Å². The molecule has 0 aromatic carbocycles. The number of nitrogens with zero attached hydrogens (tertiary/aromatic N) is 1. The highest BCUT2D eigenvalue weighted by Crippen LogP contribution is 2.23. The average Bonchev–Trinajstić information content (AvgIpc) is 2.91. The van der Waals surface area contributed by atoms with Crippen LogP contribution in [0.15, 0.2) is 0 Å². The molecule has 1 heterocycles. The van der Waals surface area contributed by atoms with Crippen molar-refractivity contribution in [2.24, 2.45) is 0 Å². The van der Waals surface area contributed by atoms with Crippen LogP contribution in [0.1, 0.15) is 96.8 Å². The normalized spacial score (nSPS) is 18.8. The van der Waals surface area contributed by atoms with Gasteiger partial charge in [0.1, 0.15) is 0 Å². The highest BCUT2D eigenvalue weighted by atomic mass is 35.5. The SMILES string of the molecule is CCCCCCCCCCCCCCOC(=O)C1CCC[N+]1(C)C.[Cl-]. The number of hydrogen-bond donors (Lipinski definition) is 0. The zero-order chi connectivity index (χ0) is 17.7. The molecular formula is C21H42ClNO2. The fraction of sp³-hybridized carbons (Fsp3) is 0.952. The van der Waals surface area contributed by atoms with Crippen LogP contribution in [0.5, 0.6) is 0 Å². The summed E-state index contributed by atoms with van der Waals surface area (Å²) in [6, 6.07) is 0.0716. The summed E-state index contributed by atoms with van der Waals surface area (Å²) in [5.74, 6) is 0.0283. The molecule has 0 amide bonds. The van der Waals surface area contributed by atoms with Crippen molar-refractivity contribution in [3.63, 3.8) is 0 Å². The zero-order valence-electron chi connectivity index (χ0n) is 17.0. The Labute approximate surface area is 162 Å². The summed E-state index contributed by atoms with van der Waals surface area (Å²) in [6.45, 7) is 3.99. The van der Waals surface area contributed by atoms with Crippen LogP contribution in [0.3, 0.4) is 0 Å². The fourth-order valence-corrected chi connectivity index (χ4v) is 3.81. The van der Waals surface area contributed by atoms with Gasteiger partial charge in [-0.2, -0.15) is 0 Å². The van der Waals surface area contributed by atoms with Gasteiger partial charge in [-0.25, -0.2) is 4.79 Å². The van der Waals surface area contributed by atoms with Gasteiger partial charge in [0.25, 0.3) is 0 Å². The van der Waals surface area contributed by atoms with Crippen LogP contribution in [0, 0.1) is 0 Å². The van der Waals surface area contributed by atoms with Crippen LogP contribution in [0.25, 0.3) is 0 Å². The smallest absolute Gasteiger partial charge is 0.364 e. The second kappa shape index (κ2) is 14.8. The van der Waals surface area contributed by atoms with E-state index in [0.29, 0.717) is 6.61 Å². The van der Waals surface area contributed by atoms with Crippen molar-refractivity contribution in [3.05, 3.63) is 0 Å². The zero-order valence-corrected chi connectivity index (χ0v) is 17.8. The van der Waals surface area contributed by atoms with E-state index >= 15 is 0 Å². The summed E-state index contributed by atoms with van der Waals surface area (Å²) in [7, 11) is 4.28. The number of ether oxygens (including phenoxy) is 1. The Kier molecular flexibility index (Phi) is 14.7. The number of unbranched alkanes of at least 4 members (excludes halogenated alkanes) is 11. The number of rotatable bonds is 14. The molecular weight excluding hydrogens is 334 g/mol. The van der Waals surface area contributed by atoms with Crippen molar-refractivity contribution in [2.75, 3.05) is 27.2 Å². The molecule has 0 bridgehead atoms. The van der Waals surface area contributed by atoms with Crippen molar-refractivity contribution < 1.29 is 26.4 Å². The molecule has 0 spiro atoms. The van der Waals surface area contributed by atoms with E-state index < -0.39 is 0 Å². The molecule has 3 nitrogen and oxygen atoms in total. The van der Waals surface area contributed by atoms with Crippen LogP contribution in [-0.4, -0.2) is 43.7 Å². The van der Waals surface area contributed by atoms with Crippen molar-refractivity contribution in [2.45, 2.75) is 103 Å². The van der Waals surface area contributed by atoms with E-state index in [1.807, 2.05) is 0 Å². The highest BCUT2D eigenvalue weighted by Gasteiger charge is 2.40. The lowest BCUT2D eigenvalue weighted by atomic mass is 10.1. The third kappa shape index (κ3) is 11.1. The predicted octanol–water partition coefficient (Wildman–Crippen LogP) is 2.47. The van der Waals surface area contributed by atoms with E-state index in [0.717, 1.165) is 30.3 Å². The summed E-state index contributed by atoms with van der Waals surface area (Å²) in [5.41, 5.74) is 0. The van der Waals surface area contributed by atoms with Crippen LogP contribution >= 0.6 is 0 Å². The Morgan fingerprint density at radius 2 is 1.36 bits per heavy atom. The number of esters is 1. The average molecular weight is 376 g/mol. The van der Waals surface area contributed by atoms with Gasteiger partial charge >= 0.3 is 5.97 Å². The third-order valence-electron chi connectivity index (χ3n) is 5.57. The molecule has 1 atom stereocenters. The minimum Gasteiger partial charge on any atom is -1.00 e. The summed E-state index contributed by atoms with van der Waals surface area (Å²) >= 11 is 0. The summed E-state index contributed by atoms with van der Waals surface area (Å²) in [4.78, 5) is 12.1. The molecule has 1 unspecified atom stereocenters. The minimum atomic E-state index is 0. The van der Waals surface area contributed by atoms with Crippen LogP contribution in [-0.2, 0) is 9.53 Å². The number of halogens is 1. The van der Waals surface area contributed by atoms with E-state index in [1.165, 1.54) is 70.6 Å². The minimum absolute atomic E-state index is 0. The fourth-order valence-electron chi connectivity index (χ4n) is 3.81. The first-order chi connectivity index (χ1) is 11.6. The molecule has 0 aliphatic carbocycles. The van der Waals surface area contributed by atoms with Gasteiger partial charge in [-0.1, -0.05) is 77.6 Å². The van der Waals surface area contributed by atoms with Gasteiger partial charge in [0.2, 0.25) is 0 Å². The van der Waals surface area contributed by atoms with E-state index in [1.54, 1.807) is 0 Å². The lowest BCUT2D eigenvalue weighted by Crippen LogP contribution is -3.00. The third-order valence-corrected chi connectivity index (χ3v) is 5.57. The number of likely N-dealkylation sites (tertiary alicyclic amines) is 1. The van der Waals surface area contributed by atoms with Gasteiger partial charge in [-0.15, -0.1) is 0 Å². The Morgan fingerprint density at radius 1 is 0.880 bits per heavy atom. The van der Waals surface area contributed by atoms with Crippen LogP contribution in [0.2, 0.25) is 0 Å². The van der Waals surface area contributed by atoms with Gasteiger partial charge < -0.3 is 21.6 Å². The molecule has 1 saturated heterocycles. The van der Waals surface area contributed by atoms with E-state index in [4.69, 9.17) is 4.74 Å². The number of hydrogen-bond acceptors (Lipinski definition) is 2. The maximum absolute atomic E-state index is 12.1. The van der Waals surface area contributed by atoms with Gasteiger partial charge in [0, 0.05) is 12.8 Å². The molecule has 4 heteroatoms. The second-order valence-corrected chi connectivity index (χ2v) is 8.22. The lowest BCUT2D eigenvalue weighted by molar-refractivity contribution is -0.893. The van der Waals surface area contributed by atoms with E-state index in [9.17, 15) is 4.79 Å². The topological polar surface area (TPSA) is 26.3 Å². The summed E-state index contributed by atoms with van der Waals surface area (Å²) < 4.78 is 6.30. The number of quaternary nitrogens is 1. The lowest BCUT2D eigenvalue weighted by Gasteiger charge is -2.29. The Balaban J connectivity index is 0.00000576. The van der Waals surface area contributed by atoms with Gasteiger partial charge in [-0.3, -0.25) is 0 Å². The van der Waals surface area contributed by atoms with E-state index in [2.05, 4.69) is 21.0 Å². The van der Waals surface area contributed by atoms with Gasteiger partial charge in [0.15, 0.2) is 6.04 Å². The molecule has 150 valence electrons. The van der Waals surface area contributed by atoms with E-state index in [-0.39, 0.29) is 24.4 Å².